The molecule has 0 amide bonds. The Labute approximate surface area is 85.1 Å². The average Bonchev–Trinajstić information content (AvgIpc) is 2.25. The molecule has 0 unspecified atom stereocenters. The smallest absolute Gasteiger partial charge is 0.0681 e. The molecule has 0 saturated carbocycles. The molecular weight excluding hydrogens is 174 g/mol. The molecule has 0 atom stereocenters. The van der Waals surface area contributed by atoms with Crippen LogP contribution in [0.25, 0.3) is 0 Å². The van der Waals surface area contributed by atoms with Crippen molar-refractivity contribution in [3.05, 3.63) is 35.4 Å². The van der Waals surface area contributed by atoms with E-state index in [4.69, 9.17) is 10.5 Å². The van der Waals surface area contributed by atoms with Gasteiger partial charge in [0.05, 0.1) is 6.61 Å². The van der Waals surface area contributed by atoms with Crippen LogP contribution in [0.15, 0.2) is 24.3 Å². The molecule has 1 aromatic carbocycles. The molecule has 0 heterocycles. The van der Waals surface area contributed by atoms with E-state index in [1.165, 1.54) is 11.8 Å². The summed E-state index contributed by atoms with van der Waals surface area (Å²) >= 11 is 0. The van der Waals surface area contributed by atoms with Gasteiger partial charge in [-0.25, -0.2) is 0 Å². The zero-order valence-corrected chi connectivity index (χ0v) is 8.37. The second-order valence-electron chi connectivity index (χ2n) is 3.42. The first-order valence-electron chi connectivity index (χ1n) is 5.04. The van der Waals surface area contributed by atoms with Crippen LogP contribution in [0.2, 0.25) is 0 Å². The van der Waals surface area contributed by atoms with Crippen LogP contribution in [0.5, 0.6) is 0 Å². The minimum atomic E-state index is 0.119. The Kier molecular flexibility index (Phi) is 4.94. The molecule has 1 rings (SSSR count). The first-order chi connectivity index (χ1) is 6.86. The molecule has 2 nitrogen and oxygen atoms in total. The Morgan fingerprint density at radius 1 is 1.07 bits per heavy atom. The monoisotopic (exact) mass is 191 g/mol. The molecule has 0 bridgehead atoms. The van der Waals surface area contributed by atoms with Crippen LogP contribution < -0.4 is 0 Å². The van der Waals surface area contributed by atoms with E-state index in [0.717, 1.165) is 31.2 Å². The van der Waals surface area contributed by atoms with Crippen molar-refractivity contribution in [1.82, 2.24) is 0 Å². The van der Waals surface area contributed by atoms with Gasteiger partial charge in [0.15, 0.2) is 0 Å². The molecule has 1 aromatic rings. The number of aryl methyl sites for hydroxylation is 1. The van der Waals surface area contributed by atoms with Crippen LogP contribution in [0.1, 0.15) is 30.4 Å². The summed E-state index contributed by atoms with van der Waals surface area (Å²) in [6, 6.07) is 8.06. The molecule has 2 N–H and O–H groups in total. The lowest BCUT2D eigenvalue weighted by molar-refractivity contribution is 0.282. The molecule has 0 spiro atoms. The Morgan fingerprint density at radius 3 is 2.29 bits per heavy atom. The summed E-state index contributed by atoms with van der Waals surface area (Å²) in [5, 5.41) is 15.7. The summed E-state index contributed by atoms with van der Waals surface area (Å²) in [4.78, 5) is 0. The van der Waals surface area contributed by atoms with E-state index in [1.807, 2.05) is 12.1 Å². The van der Waals surface area contributed by atoms with Crippen molar-refractivity contribution in [1.29, 1.82) is 5.41 Å². The largest absolute Gasteiger partial charge is 0.392 e. The molecular formula is C12H17NO. The fourth-order valence-corrected chi connectivity index (χ4v) is 1.39. The summed E-state index contributed by atoms with van der Waals surface area (Å²) in [5.74, 6) is 0. The van der Waals surface area contributed by atoms with Gasteiger partial charge in [0.1, 0.15) is 0 Å². The number of aliphatic hydroxyl groups excluding tert-OH is 1. The van der Waals surface area contributed by atoms with Crippen molar-refractivity contribution in [3.8, 4) is 0 Å². The van der Waals surface area contributed by atoms with Gasteiger partial charge in [0.25, 0.3) is 0 Å². The minimum Gasteiger partial charge on any atom is -0.392 e. The maximum atomic E-state index is 8.85. The number of hydrogen-bond acceptors (Lipinski definition) is 2. The zero-order valence-electron chi connectivity index (χ0n) is 8.37. The lowest BCUT2D eigenvalue weighted by Gasteiger charge is -2.01. The second-order valence-corrected chi connectivity index (χ2v) is 3.42. The van der Waals surface area contributed by atoms with Crippen molar-refractivity contribution < 1.29 is 5.11 Å². The number of nitrogens with one attached hydrogen (secondary N) is 1. The van der Waals surface area contributed by atoms with Crippen molar-refractivity contribution in [2.75, 3.05) is 0 Å². The lowest BCUT2D eigenvalue weighted by atomic mass is 10.1. The zero-order chi connectivity index (χ0) is 10.2. The van der Waals surface area contributed by atoms with Crippen LogP contribution in [0.4, 0.5) is 0 Å². The summed E-state index contributed by atoms with van der Waals surface area (Å²) in [6.45, 7) is 0.119. The highest BCUT2D eigenvalue weighted by Crippen LogP contribution is 2.08. The third-order valence-electron chi connectivity index (χ3n) is 2.27. The average molecular weight is 191 g/mol. The van der Waals surface area contributed by atoms with Crippen molar-refractivity contribution in [2.24, 2.45) is 0 Å². The molecule has 0 aromatic heterocycles. The number of aliphatic hydroxyl groups is 1. The highest BCUT2D eigenvalue weighted by molar-refractivity contribution is 5.52. The van der Waals surface area contributed by atoms with Crippen LogP contribution >= 0.6 is 0 Å². The predicted molar refractivity (Wildman–Crippen MR) is 58.7 cm³/mol. The van der Waals surface area contributed by atoms with Gasteiger partial charge in [-0.15, -0.1) is 0 Å². The quantitative estimate of drug-likeness (QED) is 0.526. The molecule has 0 saturated heterocycles. The van der Waals surface area contributed by atoms with Crippen LogP contribution in [-0.4, -0.2) is 11.3 Å². The van der Waals surface area contributed by atoms with E-state index < -0.39 is 0 Å². The fraction of sp³-hybridized carbons (Fsp3) is 0.417. The normalized spacial score (nSPS) is 10.1. The van der Waals surface area contributed by atoms with Crippen LogP contribution in [0, 0.1) is 5.41 Å². The van der Waals surface area contributed by atoms with E-state index in [9.17, 15) is 0 Å². The van der Waals surface area contributed by atoms with Gasteiger partial charge < -0.3 is 10.5 Å². The number of hydrogen-bond donors (Lipinski definition) is 2. The standard InChI is InChI=1S/C12H17NO/c13-9-3-1-2-4-11-5-7-12(10-14)8-6-11/h5-9,13-14H,1-4,10H2. The van der Waals surface area contributed by atoms with Crippen LogP contribution in [0.3, 0.4) is 0 Å². The van der Waals surface area contributed by atoms with Gasteiger partial charge in [-0.3, -0.25) is 0 Å². The molecule has 0 radical (unpaired) electrons. The van der Waals surface area contributed by atoms with E-state index >= 15 is 0 Å². The van der Waals surface area contributed by atoms with Crippen LogP contribution in [-0.2, 0) is 13.0 Å². The van der Waals surface area contributed by atoms with Gasteiger partial charge in [-0.05, 0) is 43.0 Å². The number of rotatable bonds is 6. The Balaban J connectivity index is 2.32. The van der Waals surface area contributed by atoms with E-state index in [2.05, 4.69) is 12.1 Å². The molecule has 0 aliphatic rings. The topological polar surface area (TPSA) is 44.1 Å². The molecule has 14 heavy (non-hydrogen) atoms. The number of benzene rings is 1. The second kappa shape index (κ2) is 6.33. The highest BCUT2D eigenvalue weighted by atomic mass is 16.3. The van der Waals surface area contributed by atoms with Gasteiger partial charge in [0.2, 0.25) is 0 Å². The van der Waals surface area contributed by atoms with E-state index in [0.29, 0.717) is 0 Å². The lowest BCUT2D eigenvalue weighted by Crippen LogP contribution is -1.88. The maximum absolute atomic E-state index is 8.85. The highest BCUT2D eigenvalue weighted by Gasteiger charge is 1.93. The van der Waals surface area contributed by atoms with E-state index in [-0.39, 0.29) is 6.61 Å². The molecule has 0 fully saturated rings. The molecule has 76 valence electrons. The van der Waals surface area contributed by atoms with Crippen molar-refractivity contribution in [3.63, 3.8) is 0 Å². The summed E-state index contributed by atoms with van der Waals surface area (Å²) in [7, 11) is 0. The van der Waals surface area contributed by atoms with Gasteiger partial charge in [-0.2, -0.15) is 0 Å². The van der Waals surface area contributed by atoms with Crippen molar-refractivity contribution >= 4 is 6.21 Å². The summed E-state index contributed by atoms with van der Waals surface area (Å²) in [6.07, 6.45) is 5.64. The molecule has 0 aliphatic carbocycles. The summed E-state index contributed by atoms with van der Waals surface area (Å²) < 4.78 is 0. The Morgan fingerprint density at radius 2 is 1.71 bits per heavy atom. The SMILES string of the molecule is N=CCCCCc1ccc(CO)cc1. The van der Waals surface area contributed by atoms with Crippen molar-refractivity contribution in [2.45, 2.75) is 32.3 Å². The van der Waals surface area contributed by atoms with Gasteiger partial charge >= 0.3 is 0 Å². The maximum Gasteiger partial charge on any atom is 0.0681 e. The summed E-state index contributed by atoms with van der Waals surface area (Å²) in [5.41, 5.74) is 2.28. The fourth-order valence-electron chi connectivity index (χ4n) is 1.39. The predicted octanol–water partition coefficient (Wildman–Crippen LogP) is 2.54. The third kappa shape index (κ3) is 3.71. The Hall–Kier alpha value is -1.15. The first kappa shape index (κ1) is 10.9. The third-order valence-corrected chi connectivity index (χ3v) is 2.27. The number of unbranched alkanes of at least 4 members (excludes halogenated alkanes) is 2. The first-order valence-corrected chi connectivity index (χ1v) is 5.04. The van der Waals surface area contributed by atoms with E-state index in [1.54, 1.807) is 0 Å². The minimum absolute atomic E-state index is 0.119. The van der Waals surface area contributed by atoms with Gasteiger partial charge in [0, 0.05) is 0 Å². The molecule has 2 heteroatoms. The Bertz CT molecular complexity index is 266. The molecule has 0 aliphatic heterocycles. The van der Waals surface area contributed by atoms with Gasteiger partial charge in [-0.1, -0.05) is 24.3 Å².